The van der Waals surface area contributed by atoms with E-state index in [9.17, 15) is 19.2 Å². The van der Waals surface area contributed by atoms with E-state index in [1.165, 1.54) is 4.57 Å². The summed E-state index contributed by atoms with van der Waals surface area (Å²) in [4.78, 5) is 48.2. The van der Waals surface area contributed by atoms with Crippen molar-refractivity contribution < 1.29 is 24.2 Å². The molecule has 8 nitrogen and oxygen atoms in total. The number of amides is 1. The number of carbonyl (C=O) groups excluding carboxylic acids is 2. The summed E-state index contributed by atoms with van der Waals surface area (Å²) in [7, 11) is 0. The molecular formula is C18H17ClN2O6S. The Morgan fingerprint density at radius 1 is 1.25 bits per heavy atom. The van der Waals surface area contributed by atoms with Crippen molar-refractivity contribution >= 4 is 51.0 Å². The van der Waals surface area contributed by atoms with E-state index < -0.39 is 11.9 Å². The molecule has 0 bridgehead atoms. The number of carboxylic acid groups (broad SMARTS) is 1. The highest BCUT2D eigenvalue weighted by atomic mass is 35.5. The van der Waals surface area contributed by atoms with Crippen molar-refractivity contribution in [1.29, 1.82) is 0 Å². The molecule has 0 atom stereocenters. The first-order valence-corrected chi connectivity index (χ1v) is 9.72. The largest absolute Gasteiger partial charge is 0.478 e. The molecule has 1 aromatic heterocycles. The van der Waals surface area contributed by atoms with Gasteiger partial charge in [0.15, 0.2) is 0 Å². The van der Waals surface area contributed by atoms with Crippen molar-refractivity contribution in [3.8, 4) is 0 Å². The number of aliphatic carboxylic acids is 1. The van der Waals surface area contributed by atoms with Gasteiger partial charge in [0.2, 0.25) is 5.91 Å². The number of likely N-dealkylation sites (tertiary alicyclic amines) is 1. The Morgan fingerprint density at radius 3 is 2.64 bits per heavy atom. The van der Waals surface area contributed by atoms with Crippen LogP contribution in [-0.4, -0.2) is 51.6 Å². The molecule has 10 heteroatoms. The van der Waals surface area contributed by atoms with Gasteiger partial charge in [0.25, 0.3) is 0 Å². The fraction of sp³-hybridized carbons (Fsp3) is 0.333. The lowest BCUT2D eigenvalue weighted by Crippen LogP contribution is -2.43. The Hall–Kier alpha value is -2.65. The van der Waals surface area contributed by atoms with Crippen molar-refractivity contribution in [3.63, 3.8) is 0 Å². The number of aromatic nitrogens is 1. The third-order valence-corrected chi connectivity index (χ3v) is 5.83. The molecule has 0 aliphatic carbocycles. The SMILES string of the molecule is O=C(O)/C=C/C(=O)OC1CCN(C(=O)Cn2c(=O)sc3c(Cl)cccc32)CC1. The molecule has 0 unspecified atom stereocenters. The highest BCUT2D eigenvalue weighted by Gasteiger charge is 2.25. The molecule has 28 heavy (non-hydrogen) atoms. The van der Waals surface area contributed by atoms with Gasteiger partial charge in [-0.3, -0.25) is 14.2 Å². The van der Waals surface area contributed by atoms with Crippen LogP contribution in [0.3, 0.4) is 0 Å². The Kier molecular flexibility index (Phi) is 6.15. The number of nitrogens with zero attached hydrogens (tertiary/aromatic N) is 2. The normalized spacial score (nSPS) is 15.2. The number of benzene rings is 1. The van der Waals surface area contributed by atoms with E-state index in [4.69, 9.17) is 21.4 Å². The van der Waals surface area contributed by atoms with Crippen LogP contribution in [0, 0.1) is 0 Å². The quantitative estimate of drug-likeness (QED) is 0.580. The molecule has 1 aliphatic rings. The maximum Gasteiger partial charge on any atom is 0.331 e. The molecule has 1 amide bonds. The highest BCUT2D eigenvalue weighted by Crippen LogP contribution is 2.26. The van der Waals surface area contributed by atoms with Crippen LogP contribution < -0.4 is 4.87 Å². The molecule has 2 heterocycles. The van der Waals surface area contributed by atoms with Crippen LogP contribution in [-0.2, 0) is 25.7 Å². The molecule has 1 saturated heterocycles. The summed E-state index contributed by atoms with van der Waals surface area (Å²) in [5.74, 6) is -2.15. The fourth-order valence-electron chi connectivity index (χ4n) is 3.00. The molecule has 0 spiro atoms. The number of carboxylic acids is 1. The van der Waals surface area contributed by atoms with E-state index in [-0.39, 0.29) is 23.4 Å². The lowest BCUT2D eigenvalue weighted by molar-refractivity contribution is -0.147. The lowest BCUT2D eigenvalue weighted by Gasteiger charge is -2.31. The smallest absolute Gasteiger partial charge is 0.331 e. The molecule has 0 radical (unpaired) electrons. The average Bonchev–Trinajstić information content (AvgIpc) is 2.98. The lowest BCUT2D eigenvalue weighted by atomic mass is 10.1. The van der Waals surface area contributed by atoms with Crippen LogP contribution in [0.15, 0.2) is 35.1 Å². The second-order valence-electron chi connectivity index (χ2n) is 6.23. The first-order valence-electron chi connectivity index (χ1n) is 8.52. The molecule has 1 aromatic carbocycles. The zero-order valence-electron chi connectivity index (χ0n) is 14.7. The number of piperidine rings is 1. The van der Waals surface area contributed by atoms with Crippen LogP contribution in [0.4, 0.5) is 0 Å². The van der Waals surface area contributed by atoms with Gasteiger partial charge in [0.05, 0.1) is 15.2 Å². The average molecular weight is 425 g/mol. The molecule has 1 N–H and O–H groups in total. The second kappa shape index (κ2) is 8.57. The summed E-state index contributed by atoms with van der Waals surface area (Å²) in [5.41, 5.74) is 0.630. The molecular weight excluding hydrogens is 408 g/mol. The number of hydrogen-bond acceptors (Lipinski definition) is 6. The van der Waals surface area contributed by atoms with Crippen LogP contribution in [0.5, 0.6) is 0 Å². The minimum atomic E-state index is -1.23. The highest BCUT2D eigenvalue weighted by molar-refractivity contribution is 7.17. The minimum absolute atomic E-state index is 0.0784. The molecule has 2 aromatic rings. The van der Waals surface area contributed by atoms with Crippen LogP contribution in [0.1, 0.15) is 12.8 Å². The van der Waals surface area contributed by atoms with Gasteiger partial charge in [-0.05, 0) is 12.1 Å². The van der Waals surface area contributed by atoms with Crippen molar-refractivity contribution in [2.24, 2.45) is 0 Å². The van der Waals surface area contributed by atoms with Gasteiger partial charge >= 0.3 is 16.8 Å². The molecule has 0 saturated carbocycles. The second-order valence-corrected chi connectivity index (χ2v) is 7.60. The summed E-state index contributed by atoms with van der Waals surface area (Å²) in [6, 6.07) is 5.18. The van der Waals surface area contributed by atoms with E-state index in [1.807, 2.05) is 0 Å². The maximum absolute atomic E-state index is 12.6. The summed E-state index contributed by atoms with van der Waals surface area (Å²) in [6.45, 7) is 0.693. The Balaban J connectivity index is 1.58. The number of esters is 1. The summed E-state index contributed by atoms with van der Waals surface area (Å²) in [5, 5.41) is 8.98. The molecule has 148 valence electrons. The topological polar surface area (TPSA) is 106 Å². The number of halogens is 1. The number of carbonyl (C=O) groups is 3. The number of thiazole rings is 1. The number of fused-ring (bicyclic) bond motifs is 1. The molecule has 1 fully saturated rings. The van der Waals surface area contributed by atoms with Gasteiger partial charge in [0, 0.05) is 38.1 Å². The van der Waals surface area contributed by atoms with Gasteiger partial charge in [-0.1, -0.05) is 29.0 Å². The maximum atomic E-state index is 12.6. The van der Waals surface area contributed by atoms with Crippen molar-refractivity contribution in [2.45, 2.75) is 25.5 Å². The standard InChI is InChI=1S/C18H17ClN2O6S/c19-12-2-1-3-13-17(12)28-18(26)21(13)10-14(22)20-8-6-11(7-9-20)27-16(25)5-4-15(23)24/h1-5,11H,6-10H2,(H,23,24)/b5-4+. The van der Waals surface area contributed by atoms with Crippen molar-refractivity contribution in [2.75, 3.05) is 13.1 Å². The van der Waals surface area contributed by atoms with Gasteiger partial charge in [-0.2, -0.15) is 0 Å². The van der Waals surface area contributed by atoms with E-state index in [1.54, 1.807) is 23.1 Å². The Labute approximate surface area is 168 Å². The number of rotatable bonds is 5. The Morgan fingerprint density at radius 2 is 1.96 bits per heavy atom. The van der Waals surface area contributed by atoms with Gasteiger partial charge in [-0.15, -0.1) is 0 Å². The minimum Gasteiger partial charge on any atom is -0.478 e. The van der Waals surface area contributed by atoms with E-state index in [0.717, 1.165) is 23.5 Å². The molecule has 1 aliphatic heterocycles. The van der Waals surface area contributed by atoms with E-state index >= 15 is 0 Å². The summed E-state index contributed by atoms with van der Waals surface area (Å²) in [6.07, 6.45) is 2.10. The van der Waals surface area contributed by atoms with Crippen molar-refractivity contribution in [1.82, 2.24) is 9.47 Å². The van der Waals surface area contributed by atoms with Crippen LogP contribution in [0.25, 0.3) is 10.2 Å². The third-order valence-electron chi connectivity index (χ3n) is 4.38. The van der Waals surface area contributed by atoms with Gasteiger partial charge in [-0.25, -0.2) is 9.59 Å². The summed E-state index contributed by atoms with van der Waals surface area (Å²) < 4.78 is 7.24. The van der Waals surface area contributed by atoms with Crippen LogP contribution in [0.2, 0.25) is 5.02 Å². The first kappa shape index (κ1) is 20.1. The monoisotopic (exact) mass is 424 g/mol. The number of ether oxygens (including phenoxy) is 1. The zero-order chi connectivity index (χ0) is 20.3. The third kappa shape index (κ3) is 4.60. The Bertz CT molecular complexity index is 1000. The predicted octanol–water partition coefficient (Wildman–Crippen LogP) is 1.89. The van der Waals surface area contributed by atoms with Gasteiger partial charge in [0.1, 0.15) is 12.6 Å². The first-order chi connectivity index (χ1) is 13.3. The van der Waals surface area contributed by atoms with E-state index in [0.29, 0.717) is 41.2 Å². The zero-order valence-corrected chi connectivity index (χ0v) is 16.2. The number of hydrogen-bond donors (Lipinski definition) is 1. The predicted molar refractivity (Wildman–Crippen MR) is 104 cm³/mol. The van der Waals surface area contributed by atoms with Crippen molar-refractivity contribution in [3.05, 3.63) is 45.0 Å². The fourth-order valence-corrected chi connectivity index (χ4v) is 4.18. The van der Waals surface area contributed by atoms with Crippen LogP contribution >= 0.6 is 22.9 Å². The van der Waals surface area contributed by atoms with E-state index in [2.05, 4.69) is 0 Å². The van der Waals surface area contributed by atoms with Gasteiger partial charge < -0.3 is 14.7 Å². The molecule has 3 rings (SSSR count). The summed E-state index contributed by atoms with van der Waals surface area (Å²) >= 11 is 7.12.